The molecule has 0 radical (unpaired) electrons. The molecule has 0 bridgehead atoms. The van der Waals surface area contributed by atoms with Crippen LogP contribution in [0.3, 0.4) is 0 Å². The third-order valence-electron chi connectivity index (χ3n) is 5.90. The van der Waals surface area contributed by atoms with Crippen LogP contribution in [-0.4, -0.2) is 7.11 Å². The standard InChI is InChI=1S/C19H29NO/c1-21-19(16-6-2-3-7-16,17-8-4-5-9-17)18-12-10-15(14-20)11-13-18/h10-13,16-17H,2-9,14,20H2,1H3. The number of hydrogen-bond donors (Lipinski definition) is 1. The lowest BCUT2D eigenvalue weighted by molar-refractivity contribution is -0.107. The summed E-state index contributed by atoms with van der Waals surface area (Å²) in [6, 6.07) is 8.94. The molecule has 2 fully saturated rings. The average molecular weight is 287 g/mol. The third-order valence-corrected chi connectivity index (χ3v) is 5.90. The van der Waals surface area contributed by atoms with Crippen LogP contribution in [0.5, 0.6) is 0 Å². The second-order valence-corrected chi connectivity index (χ2v) is 6.86. The Hall–Kier alpha value is -0.860. The first-order valence-corrected chi connectivity index (χ1v) is 8.66. The summed E-state index contributed by atoms with van der Waals surface area (Å²) in [6.07, 6.45) is 10.7. The van der Waals surface area contributed by atoms with E-state index >= 15 is 0 Å². The summed E-state index contributed by atoms with van der Waals surface area (Å²) < 4.78 is 6.33. The van der Waals surface area contributed by atoms with E-state index in [4.69, 9.17) is 10.5 Å². The summed E-state index contributed by atoms with van der Waals surface area (Å²) in [7, 11) is 1.94. The Morgan fingerprint density at radius 2 is 1.43 bits per heavy atom. The van der Waals surface area contributed by atoms with Crippen LogP contribution in [0.4, 0.5) is 0 Å². The minimum Gasteiger partial charge on any atom is -0.373 e. The van der Waals surface area contributed by atoms with Gasteiger partial charge in [0, 0.05) is 13.7 Å². The molecule has 0 amide bonds. The highest BCUT2D eigenvalue weighted by Gasteiger charge is 2.48. The summed E-state index contributed by atoms with van der Waals surface area (Å²) in [5.41, 5.74) is 8.30. The number of methoxy groups -OCH3 is 1. The van der Waals surface area contributed by atoms with Crippen LogP contribution in [0.25, 0.3) is 0 Å². The quantitative estimate of drug-likeness (QED) is 0.873. The molecule has 2 nitrogen and oxygen atoms in total. The summed E-state index contributed by atoms with van der Waals surface area (Å²) >= 11 is 0. The Morgan fingerprint density at radius 3 is 1.81 bits per heavy atom. The van der Waals surface area contributed by atoms with Gasteiger partial charge < -0.3 is 10.5 Å². The predicted octanol–water partition coefficient (Wildman–Crippen LogP) is 4.37. The number of nitrogens with two attached hydrogens (primary N) is 1. The van der Waals surface area contributed by atoms with E-state index in [1.54, 1.807) is 0 Å². The van der Waals surface area contributed by atoms with Crippen molar-refractivity contribution >= 4 is 0 Å². The van der Waals surface area contributed by atoms with Gasteiger partial charge in [-0.25, -0.2) is 0 Å². The molecule has 0 saturated heterocycles. The predicted molar refractivity (Wildman–Crippen MR) is 86.9 cm³/mol. The van der Waals surface area contributed by atoms with Crippen molar-refractivity contribution in [3.05, 3.63) is 35.4 Å². The molecule has 0 atom stereocenters. The van der Waals surface area contributed by atoms with Crippen LogP contribution in [-0.2, 0) is 16.9 Å². The molecule has 2 aliphatic carbocycles. The van der Waals surface area contributed by atoms with E-state index < -0.39 is 0 Å². The van der Waals surface area contributed by atoms with Gasteiger partial charge in [0.25, 0.3) is 0 Å². The van der Waals surface area contributed by atoms with Crippen LogP contribution in [0.15, 0.2) is 24.3 Å². The lowest BCUT2D eigenvalue weighted by Crippen LogP contribution is -2.42. The van der Waals surface area contributed by atoms with Crippen molar-refractivity contribution in [2.45, 2.75) is 63.5 Å². The second kappa shape index (κ2) is 6.50. The van der Waals surface area contributed by atoms with Crippen LogP contribution in [0.2, 0.25) is 0 Å². The molecule has 3 rings (SSSR count). The molecule has 0 spiro atoms. The average Bonchev–Trinajstić information content (AvgIpc) is 3.23. The van der Waals surface area contributed by atoms with E-state index in [0.29, 0.717) is 18.4 Å². The van der Waals surface area contributed by atoms with Gasteiger partial charge in [-0.15, -0.1) is 0 Å². The zero-order chi connectivity index (χ0) is 14.7. The van der Waals surface area contributed by atoms with Crippen molar-refractivity contribution in [3.63, 3.8) is 0 Å². The Morgan fingerprint density at radius 1 is 0.952 bits per heavy atom. The fraction of sp³-hybridized carbons (Fsp3) is 0.684. The number of rotatable bonds is 5. The van der Waals surface area contributed by atoms with E-state index in [2.05, 4.69) is 24.3 Å². The maximum atomic E-state index is 6.33. The van der Waals surface area contributed by atoms with Gasteiger partial charge in [0.05, 0.1) is 5.60 Å². The minimum atomic E-state index is -0.0554. The van der Waals surface area contributed by atoms with Crippen molar-refractivity contribution in [1.82, 2.24) is 0 Å². The van der Waals surface area contributed by atoms with Crippen LogP contribution in [0, 0.1) is 11.8 Å². The highest BCUT2D eigenvalue weighted by molar-refractivity contribution is 5.29. The molecule has 2 saturated carbocycles. The molecule has 21 heavy (non-hydrogen) atoms. The van der Waals surface area contributed by atoms with Gasteiger partial charge in [-0.2, -0.15) is 0 Å². The summed E-state index contributed by atoms with van der Waals surface area (Å²) in [4.78, 5) is 0. The maximum absolute atomic E-state index is 6.33. The van der Waals surface area contributed by atoms with E-state index in [-0.39, 0.29) is 5.60 Å². The molecule has 0 aromatic heterocycles. The van der Waals surface area contributed by atoms with Crippen molar-refractivity contribution in [2.24, 2.45) is 17.6 Å². The van der Waals surface area contributed by atoms with Crippen molar-refractivity contribution < 1.29 is 4.74 Å². The van der Waals surface area contributed by atoms with Gasteiger partial charge in [-0.3, -0.25) is 0 Å². The molecule has 0 aliphatic heterocycles. The molecular weight excluding hydrogens is 258 g/mol. The maximum Gasteiger partial charge on any atom is 0.0983 e. The molecular formula is C19H29NO. The van der Waals surface area contributed by atoms with Gasteiger partial charge in [-0.1, -0.05) is 49.9 Å². The fourth-order valence-electron chi connectivity index (χ4n) is 4.87. The lowest BCUT2D eigenvalue weighted by atomic mass is 9.70. The van der Waals surface area contributed by atoms with Crippen LogP contribution in [0.1, 0.15) is 62.5 Å². The van der Waals surface area contributed by atoms with Crippen molar-refractivity contribution in [2.75, 3.05) is 7.11 Å². The van der Waals surface area contributed by atoms with Crippen LogP contribution < -0.4 is 5.73 Å². The minimum absolute atomic E-state index is 0.0554. The largest absolute Gasteiger partial charge is 0.373 e. The van der Waals surface area contributed by atoms with Crippen LogP contribution >= 0.6 is 0 Å². The molecule has 2 N–H and O–H groups in total. The lowest BCUT2D eigenvalue weighted by Gasteiger charge is -2.43. The highest BCUT2D eigenvalue weighted by Crippen LogP contribution is 2.52. The molecule has 2 heteroatoms. The smallest absolute Gasteiger partial charge is 0.0983 e. The normalized spacial score (nSPS) is 21.2. The zero-order valence-corrected chi connectivity index (χ0v) is 13.3. The molecule has 116 valence electrons. The fourth-order valence-corrected chi connectivity index (χ4v) is 4.87. The molecule has 2 aliphatic rings. The first-order chi connectivity index (χ1) is 10.3. The van der Waals surface area contributed by atoms with Gasteiger partial charge >= 0.3 is 0 Å². The Kier molecular flexibility index (Phi) is 4.66. The molecule has 0 heterocycles. The SMILES string of the molecule is COC(c1ccc(CN)cc1)(C1CCCC1)C1CCCC1. The third kappa shape index (κ3) is 2.64. The highest BCUT2D eigenvalue weighted by atomic mass is 16.5. The van der Waals surface area contributed by atoms with E-state index in [1.165, 1.54) is 62.5 Å². The van der Waals surface area contributed by atoms with Crippen molar-refractivity contribution in [1.29, 1.82) is 0 Å². The Balaban J connectivity index is 1.99. The van der Waals surface area contributed by atoms with E-state index in [9.17, 15) is 0 Å². The second-order valence-electron chi connectivity index (χ2n) is 6.86. The van der Waals surface area contributed by atoms with Gasteiger partial charge in [0.2, 0.25) is 0 Å². The first-order valence-electron chi connectivity index (χ1n) is 8.66. The Bertz CT molecular complexity index is 425. The number of benzene rings is 1. The van der Waals surface area contributed by atoms with Gasteiger partial charge in [0.15, 0.2) is 0 Å². The number of ether oxygens (including phenoxy) is 1. The first kappa shape index (κ1) is 15.1. The summed E-state index contributed by atoms with van der Waals surface area (Å²) in [6.45, 7) is 0.618. The molecule has 0 unspecified atom stereocenters. The molecule has 1 aromatic rings. The topological polar surface area (TPSA) is 35.2 Å². The number of hydrogen-bond acceptors (Lipinski definition) is 2. The monoisotopic (exact) mass is 287 g/mol. The molecule has 1 aromatic carbocycles. The van der Waals surface area contributed by atoms with E-state index in [1.807, 2.05) is 7.11 Å². The Labute approximate surface area is 129 Å². The zero-order valence-electron chi connectivity index (χ0n) is 13.3. The summed E-state index contributed by atoms with van der Waals surface area (Å²) in [5.74, 6) is 1.38. The van der Waals surface area contributed by atoms with Gasteiger partial charge in [-0.05, 0) is 48.6 Å². The van der Waals surface area contributed by atoms with Crippen molar-refractivity contribution in [3.8, 4) is 0 Å². The van der Waals surface area contributed by atoms with E-state index in [0.717, 1.165) is 0 Å². The van der Waals surface area contributed by atoms with Gasteiger partial charge in [0.1, 0.15) is 0 Å². The summed E-state index contributed by atoms with van der Waals surface area (Å²) in [5, 5.41) is 0.